The van der Waals surface area contributed by atoms with Crippen molar-refractivity contribution in [3.63, 3.8) is 0 Å². The first kappa shape index (κ1) is 17.5. The summed E-state index contributed by atoms with van der Waals surface area (Å²) in [6.07, 6.45) is 2.62. The fourth-order valence-electron chi connectivity index (χ4n) is 2.86. The Bertz CT molecular complexity index is 563. The number of benzene rings is 1. The van der Waals surface area contributed by atoms with Gasteiger partial charge in [-0.3, -0.25) is 9.59 Å². The number of amides is 2. The number of hydrogen-bond donors (Lipinski definition) is 3. The molecule has 2 rings (SSSR count). The molecule has 5 heteroatoms. The Kier molecular flexibility index (Phi) is 6.16. The molecule has 1 saturated heterocycles. The monoisotopic (exact) mass is 317 g/mol. The second-order valence-corrected chi connectivity index (χ2v) is 6.60. The standard InChI is InChI=1S/C18H27N3O2/c1-12(2)20-18(23)16-6-5-15(10-13(16)3)21-17(22)7-4-14-8-9-19-11-14/h5-6,10,12,14,19H,4,7-9,11H2,1-3H3,(H,20,23)(H,21,22). The summed E-state index contributed by atoms with van der Waals surface area (Å²) in [6, 6.07) is 5.51. The summed E-state index contributed by atoms with van der Waals surface area (Å²) in [6.45, 7) is 7.83. The molecule has 0 bridgehead atoms. The first-order valence-corrected chi connectivity index (χ1v) is 8.38. The minimum absolute atomic E-state index is 0.0377. The lowest BCUT2D eigenvalue weighted by atomic mass is 10.0. The van der Waals surface area contributed by atoms with E-state index in [0.717, 1.165) is 37.2 Å². The Balaban J connectivity index is 1.89. The van der Waals surface area contributed by atoms with E-state index in [9.17, 15) is 9.59 Å². The summed E-state index contributed by atoms with van der Waals surface area (Å²) < 4.78 is 0. The third-order valence-corrected chi connectivity index (χ3v) is 4.12. The Morgan fingerprint density at radius 2 is 2.13 bits per heavy atom. The molecular formula is C18H27N3O2. The van der Waals surface area contributed by atoms with Gasteiger partial charge >= 0.3 is 0 Å². The van der Waals surface area contributed by atoms with E-state index in [-0.39, 0.29) is 17.9 Å². The van der Waals surface area contributed by atoms with Crippen molar-refractivity contribution in [3.8, 4) is 0 Å². The molecule has 1 heterocycles. The minimum atomic E-state index is -0.0795. The normalized spacial score (nSPS) is 17.3. The lowest BCUT2D eigenvalue weighted by molar-refractivity contribution is -0.116. The number of hydrogen-bond acceptors (Lipinski definition) is 3. The Morgan fingerprint density at radius 1 is 1.35 bits per heavy atom. The molecule has 2 amide bonds. The predicted molar refractivity (Wildman–Crippen MR) is 92.6 cm³/mol. The number of rotatable bonds is 6. The molecule has 5 nitrogen and oxygen atoms in total. The van der Waals surface area contributed by atoms with Gasteiger partial charge in [0.2, 0.25) is 5.91 Å². The molecule has 0 radical (unpaired) electrons. The first-order chi connectivity index (χ1) is 11.0. The maximum atomic E-state index is 12.1. The highest BCUT2D eigenvalue weighted by Crippen LogP contribution is 2.18. The van der Waals surface area contributed by atoms with Gasteiger partial charge in [-0.1, -0.05) is 0 Å². The molecule has 1 aliphatic rings. The molecule has 1 fully saturated rings. The van der Waals surface area contributed by atoms with E-state index in [1.807, 2.05) is 26.8 Å². The fourth-order valence-corrected chi connectivity index (χ4v) is 2.86. The van der Waals surface area contributed by atoms with Gasteiger partial charge in [0.1, 0.15) is 0 Å². The molecule has 126 valence electrons. The van der Waals surface area contributed by atoms with Crippen LogP contribution in [0.25, 0.3) is 0 Å². The summed E-state index contributed by atoms with van der Waals surface area (Å²) in [4.78, 5) is 24.1. The van der Waals surface area contributed by atoms with E-state index < -0.39 is 0 Å². The van der Waals surface area contributed by atoms with Crippen molar-refractivity contribution in [2.75, 3.05) is 18.4 Å². The van der Waals surface area contributed by atoms with Crippen molar-refractivity contribution in [1.82, 2.24) is 10.6 Å². The van der Waals surface area contributed by atoms with Gasteiger partial charge in [-0.2, -0.15) is 0 Å². The number of nitrogens with one attached hydrogen (secondary N) is 3. The molecule has 1 atom stereocenters. The Morgan fingerprint density at radius 3 is 2.74 bits per heavy atom. The van der Waals surface area contributed by atoms with Gasteiger partial charge in [0.15, 0.2) is 0 Å². The van der Waals surface area contributed by atoms with Gasteiger partial charge in [-0.25, -0.2) is 0 Å². The van der Waals surface area contributed by atoms with Crippen molar-refractivity contribution in [2.45, 2.75) is 46.1 Å². The fraction of sp³-hybridized carbons (Fsp3) is 0.556. The van der Waals surface area contributed by atoms with Crippen LogP contribution in [0, 0.1) is 12.8 Å². The van der Waals surface area contributed by atoms with E-state index in [0.29, 0.717) is 17.9 Å². The van der Waals surface area contributed by atoms with E-state index in [2.05, 4.69) is 16.0 Å². The van der Waals surface area contributed by atoms with Gasteiger partial charge in [-0.05, 0) is 76.4 Å². The number of anilines is 1. The van der Waals surface area contributed by atoms with Crippen molar-refractivity contribution < 1.29 is 9.59 Å². The van der Waals surface area contributed by atoms with Crippen LogP contribution in [0.2, 0.25) is 0 Å². The van der Waals surface area contributed by atoms with Crippen LogP contribution in [0.5, 0.6) is 0 Å². The second-order valence-electron chi connectivity index (χ2n) is 6.60. The summed E-state index contributed by atoms with van der Waals surface area (Å²) in [5.41, 5.74) is 2.26. The molecule has 1 aromatic carbocycles. The zero-order valence-electron chi connectivity index (χ0n) is 14.2. The van der Waals surface area contributed by atoms with Gasteiger partial charge in [-0.15, -0.1) is 0 Å². The highest BCUT2D eigenvalue weighted by atomic mass is 16.2. The maximum Gasteiger partial charge on any atom is 0.251 e. The van der Waals surface area contributed by atoms with Crippen LogP contribution in [0.3, 0.4) is 0 Å². The third kappa shape index (κ3) is 5.36. The van der Waals surface area contributed by atoms with Crippen LogP contribution < -0.4 is 16.0 Å². The lowest BCUT2D eigenvalue weighted by Crippen LogP contribution is -2.30. The molecule has 3 N–H and O–H groups in total. The summed E-state index contributed by atoms with van der Waals surface area (Å²) in [5, 5.41) is 9.12. The molecule has 0 aliphatic carbocycles. The lowest BCUT2D eigenvalue weighted by Gasteiger charge is -2.12. The second kappa shape index (κ2) is 8.11. The smallest absolute Gasteiger partial charge is 0.251 e. The number of carbonyl (C=O) groups excluding carboxylic acids is 2. The van der Waals surface area contributed by atoms with Crippen molar-refractivity contribution >= 4 is 17.5 Å². The zero-order chi connectivity index (χ0) is 16.8. The summed E-state index contributed by atoms with van der Waals surface area (Å²) in [7, 11) is 0. The quantitative estimate of drug-likeness (QED) is 0.755. The average molecular weight is 317 g/mol. The van der Waals surface area contributed by atoms with E-state index in [1.165, 1.54) is 0 Å². The molecule has 1 aliphatic heterocycles. The highest BCUT2D eigenvalue weighted by Gasteiger charge is 2.16. The third-order valence-electron chi connectivity index (χ3n) is 4.12. The predicted octanol–water partition coefficient (Wildman–Crippen LogP) is 2.46. The first-order valence-electron chi connectivity index (χ1n) is 8.38. The van der Waals surface area contributed by atoms with Gasteiger partial charge in [0.25, 0.3) is 5.91 Å². The van der Waals surface area contributed by atoms with Gasteiger partial charge < -0.3 is 16.0 Å². The van der Waals surface area contributed by atoms with Crippen LogP contribution in [0.4, 0.5) is 5.69 Å². The number of aryl methyl sites for hydroxylation is 1. The van der Waals surface area contributed by atoms with Crippen LogP contribution in [-0.4, -0.2) is 30.9 Å². The minimum Gasteiger partial charge on any atom is -0.350 e. The van der Waals surface area contributed by atoms with Crippen LogP contribution in [-0.2, 0) is 4.79 Å². The van der Waals surface area contributed by atoms with Crippen LogP contribution >= 0.6 is 0 Å². The average Bonchev–Trinajstić information content (AvgIpc) is 2.97. The topological polar surface area (TPSA) is 70.2 Å². The Labute approximate surface area is 138 Å². The largest absolute Gasteiger partial charge is 0.350 e. The molecular weight excluding hydrogens is 290 g/mol. The number of carbonyl (C=O) groups is 2. The van der Waals surface area contributed by atoms with Crippen molar-refractivity contribution in [1.29, 1.82) is 0 Å². The van der Waals surface area contributed by atoms with E-state index >= 15 is 0 Å². The van der Waals surface area contributed by atoms with Crippen molar-refractivity contribution in [2.24, 2.45) is 5.92 Å². The molecule has 0 aromatic heterocycles. The Hall–Kier alpha value is -1.88. The maximum absolute atomic E-state index is 12.1. The van der Waals surface area contributed by atoms with E-state index in [1.54, 1.807) is 12.1 Å². The van der Waals surface area contributed by atoms with Crippen LogP contribution in [0.1, 0.15) is 49.0 Å². The molecule has 0 spiro atoms. The summed E-state index contributed by atoms with van der Waals surface area (Å²) >= 11 is 0. The van der Waals surface area contributed by atoms with Gasteiger partial charge in [0.05, 0.1) is 0 Å². The molecule has 23 heavy (non-hydrogen) atoms. The zero-order valence-corrected chi connectivity index (χ0v) is 14.2. The van der Waals surface area contributed by atoms with Crippen molar-refractivity contribution in [3.05, 3.63) is 29.3 Å². The molecule has 0 saturated carbocycles. The van der Waals surface area contributed by atoms with Crippen LogP contribution in [0.15, 0.2) is 18.2 Å². The van der Waals surface area contributed by atoms with Gasteiger partial charge in [0, 0.05) is 23.7 Å². The summed E-state index contributed by atoms with van der Waals surface area (Å²) in [5.74, 6) is 0.574. The molecule has 1 aromatic rings. The van der Waals surface area contributed by atoms with E-state index in [4.69, 9.17) is 0 Å². The highest BCUT2D eigenvalue weighted by molar-refractivity contribution is 5.97. The SMILES string of the molecule is Cc1cc(NC(=O)CCC2CCNC2)ccc1C(=O)NC(C)C. The molecule has 1 unspecified atom stereocenters.